The first-order valence-electron chi connectivity index (χ1n) is 5.50. The van der Waals surface area contributed by atoms with Crippen LogP contribution in [0.25, 0.3) is 0 Å². The van der Waals surface area contributed by atoms with E-state index in [9.17, 15) is 4.79 Å². The molecule has 0 saturated carbocycles. The number of hydrogen-bond acceptors (Lipinski definition) is 1. The van der Waals surface area contributed by atoms with Crippen molar-refractivity contribution in [2.45, 2.75) is 6.92 Å². The Labute approximate surface area is 126 Å². The lowest BCUT2D eigenvalue weighted by Gasteiger charge is -2.10. The number of rotatable bonds is 2. The Morgan fingerprint density at radius 2 is 1.79 bits per heavy atom. The lowest BCUT2D eigenvalue weighted by molar-refractivity contribution is 0.102. The van der Waals surface area contributed by atoms with Gasteiger partial charge < -0.3 is 5.32 Å². The van der Waals surface area contributed by atoms with Crippen molar-refractivity contribution in [3.63, 3.8) is 0 Å². The minimum absolute atomic E-state index is 0.321. The van der Waals surface area contributed by atoms with Crippen molar-refractivity contribution in [2.24, 2.45) is 0 Å². The molecule has 98 valence electrons. The number of halogens is 3. The number of anilines is 1. The molecule has 2 nitrogen and oxygen atoms in total. The van der Waals surface area contributed by atoms with E-state index >= 15 is 0 Å². The molecule has 2 aromatic carbocycles. The number of nitrogens with one attached hydrogen (secondary N) is 1. The summed E-state index contributed by atoms with van der Waals surface area (Å²) in [6.45, 7) is 1.83. The van der Waals surface area contributed by atoms with Gasteiger partial charge in [0, 0.05) is 15.7 Å². The monoisotopic (exact) mass is 313 g/mol. The second-order valence-electron chi connectivity index (χ2n) is 3.99. The third-order valence-electron chi connectivity index (χ3n) is 2.69. The van der Waals surface area contributed by atoms with E-state index in [4.69, 9.17) is 34.8 Å². The summed E-state index contributed by atoms with van der Waals surface area (Å²) in [5, 5.41) is 4.17. The van der Waals surface area contributed by atoms with Crippen LogP contribution in [0.2, 0.25) is 15.1 Å². The quantitative estimate of drug-likeness (QED) is 0.810. The lowest BCUT2D eigenvalue weighted by Crippen LogP contribution is -2.13. The van der Waals surface area contributed by atoms with Gasteiger partial charge in [0.2, 0.25) is 0 Å². The first-order valence-corrected chi connectivity index (χ1v) is 6.64. The number of amides is 1. The smallest absolute Gasteiger partial charge is 0.257 e. The van der Waals surface area contributed by atoms with Crippen LogP contribution in [0.3, 0.4) is 0 Å². The molecule has 0 saturated heterocycles. The third-order valence-corrected chi connectivity index (χ3v) is 3.66. The van der Waals surface area contributed by atoms with Gasteiger partial charge in [0.25, 0.3) is 5.91 Å². The summed E-state index contributed by atoms with van der Waals surface area (Å²) in [6, 6.07) is 10.1. The molecule has 0 heterocycles. The van der Waals surface area contributed by atoms with Crippen LogP contribution in [-0.4, -0.2) is 5.91 Å². The first-order chi connectivity index (χ1) is 8.99. The first kappa shape index (κ1) is 14.2. The highest BCUT2D eigenvalue weighted by Crippen LogP contribution is 2.25. The van der Waals surface area contributed by atoms with Gasteiger partial charge in [-0.15, -0.1) is 0 Å². The minimum Gasteiger partial charge on any atom is -0.322 e. The van der Waals surface area contributed by atoms with Crippen molar-refractivity contribution < 1.29 is 4.79 Å². The molecular formula is C14H10Cl3NO. The van der Waals surface area contributed by atoms with E-state index in [2.05, 4.69) is 5.32 Å². The highest BCUT2D eigenvalue weighted by Gasteiger charge is 2.12. The van der Waals surface area contributed by atoms with Crippen molar-refractivity contribution in [3.05, 3.63) is 62.6 Å². The fourth-order valence-electron chi connectivity index (χ4n) is 1.60. The number of hydrogen-bond donors (Lipinski definition) is 1. The molecule has 1 amide bonds. The summed E-state index contributed by atoms with van der Waals surface area (Å²) >= 11 is 17.8. The zero-order chi connectivity index (χ0) is 14.0. The molecule has 0 aliphatic rings. The van der Waals surface area contributed by atoms with Crippen molar-refractivity contribution in [1.82, 2.24) is 0 Å². The average Bonchev–Trinajstić information content (AvgIpc) is 2.38. The normalized spacial score (nSPS) is 10.3. The molecule has 0 aliphatic carbocycles. The van der Waals surface area contributed by atoms with Gasteiger partial charge in [0.15, 0.2) is 0 Å². The zero-order valence-electron chi connectivity index (χ0n) is 10.0. The Morgan fingerprint density at radius 1 is 1.05 bits per heavy atom. The van der Waals surface area contributed by atoms with Gasteiger partial charge in [-0.3, -0.25) is 4.79 Å². The van der Waals surface area contributed by atoms with Crippen molar-refractivity contribution >= 4 is 46.4 Å². The van der Waals surface area contributed by atoms with Crippen LogP contribution in [0.1, 0.15) is 15.9 Å². The van der Waals surface area contributed by atoms with E-state index in [-0.39, 0.29) is 5.91 Å². The third kappa shape index (κ3) is 3.21. The summed E-state index contributed by atoms with van der Waals surface area (Å²) in [6.07, 6.45) is 0. The molecule has 0 spiro atoms. The molecule has 0 radical (unpaired) electrons. The molecule has 0 atom stereocenters. The SMILES string of the molecule is Cc1c(Cl)cccc1NC(=O)c1cc(Cl)ccc1Cl. The van der Waals surface area contributed by atoms with Crippen LogP contribution in [-0.2, 0) is 0 Å². The van der Waals surface area contributed by atoms with Crippen LogP contribution < -0.4 is 5.32 Å². The molecule has 2 rings (SSSR count). The van der Waals surface area contributed by atoms with Crippen LogP contribution in [0.4, 0.5) is 5.69 Å². The second kappa shape index (κ2) is 5.83. The number of benzene rings is 2. The standard InChI is InChI=1S/C14H10Cl3NO/c1-8-11(16)3-2-4-13(8)18-14(19)10-7-9(15)5-6-12(10)17/h2-7H,1H3,(H,18,19). The van der Waals surface area contributed by atoms with Gasteiger partial charge in [-0.25, -0.2) is 0 Å². The summed E-state index contributed by atoms with van der Waals surface area (Å²) in [7, 11) is 0. The van der Waals surface area contributed by atoms with Gasteiger partial charge in [0.1, 0.15) is 0 Å². The Morgan fingerprint density at radius 3 is 2.53 bits per heavy atom. The Kier molecular flexibility index (Phi) is 4.35. The largest absolute Gasteiger partial charge is 0.322 e. The highest BCUT2D eigenvalue weighted by molar-refractivity contribution is 6.36. The molecule has 2 aromatic rings. The fourth-order valence-corrected chi connectivity index (χ4v) is 2.15. The topological polar surface area (TPSA) is 29.1 Å². The fraction of sp³-hybridized carbons (Fsp3) is 0.0714. The summed E-state index contributed by atoms with van der Waals surface area (Å²) in [5.74, 6) is -0.321. The van der Waals surface area contributed by atoms with Gasteiger partial charge in [-0.2, -0.15) is 0 Å². The molecule has 0 bridgehead atoms. The Balaban J connectivity index is 2.31. The van der Waals surface area contributed by atoms with Crippen molar-refractivity contribution in [2.75, 3.05) is 5.32 Å². The summed E-state index contributed by atoms with van der Waals surface area (Å²) in [4.78, 5) is 12.2. The lowest BCUT2D eigenvalue weighted by atomic mass is 10.1. The molecule has 0 aromatic heterocycles. The molecule has 19 heavy (non-hydrogen) atoms. The number of carbonyl (C=O) groups is 1. The molecule has 5 heteroatoms. The number of carbonyl (C=O) groups excluding carboxylic acids is 1. The van der Waals surface area contributed by atoms with E-state index in [0.717, 1.165) is 5.56 Å². The second-order valence-corrected chi connectivity index (χ2v) is 5.24. The highest BCUT2D eigenvalue weighted by atomic mass is 35.5. The van der Waals surface area contributed by atoms with Crippen LogP contribution in [0, 0.1) is 6.92 Å². The molecule has 0 aliphatic heterocycles. The maximum atomic E-state index is 12.2. The van der Waals surface area contributed by atoms with Crippen molar-refractivity contribution in [1.29, 1.82) is 0 Å². The molecule has 0 unspecified atom stereocenters. The maximum absolute atomic E-state index is 12.2. The van der Waals surface area contributed by atoms with Gasteiger partial charge in [0.05, 0.1) is 10.6 Å². The maximum Gasteiger partial charge on any atom is 0.257 e. The molecule has 0 fully saturated rings. The molecule has 1 N–H and O–H groups in total. The van der Waals surface area contributed by atoms with Crippen LogP contribution in [0.15, 0.2) is 36.4 Å². The zero-order valence-corrected chi connectivity index (χ0v) is 12.3. The van der Waals surface area contributed by atoms with Gasteiger partial charge >= 0.3 is 0 Å². The predicted molar refractivity (Wildman–Crippen MR) is 80.6 cm³/mol. The van der Waals surface area contributed by atoms with E-state index in [1.165, 1.54) is 6.07 Å². The van der Waals surface area contributed by atoms with Gasteiger partial charge in [-0.05, 0) is 42.8 Å². The predicted octanol–water partition coefficient (Wildman–Crippen LogP) is 5.21. The Bertz CT molecular complexity index is 641. The van der Waals surface area contributed by atoms with E-state index in [0.29, 0.717) is 26.3 Å². The van der Waals surface area contributed by atoms with E-state index in [1.54, 1.807) is 30.3 Å². The van der Waals surface area contributed by atoms with Crippen molar-refractivity contribution in [3.8, 4) is 0 Å². The van der Waals surface area contributed by atoms with Crippen LogP contribution in [0.5, 0.6) is 0 Å². The minimum atomic E-state index is -0.321. The van der Waals surface area contributed by atoms with E-state index < -0.39 is 0 Å². The Hall–Kier alpha value is -1.22. The average molecular weight is 315 g/mol. The van der Waals surface area contributed by atoms with Gasteiger partial charge in [-0.1, -0.05) is 40.9 Å². The van der Waals surface area contributed by atoms with E-state index in [1.807, 2.05) is 6.92 Å². The summed E-state index contributed by atoms with van der Waals surface area (Å²) < 4.78 is 0. The molecular weight excluding hydrogens is 305 g/mol. The van der Waals surface area contributed by atoms with Crippen LogP contribution >= 0.6 is 34.8 Å². The summed E-state index contributed by atoms with van der Waals surface area (Å²) in [5.41, 5.74) is 1.78.